The van der Waals surface area contributed by atoms with Crippen LogP contribution >= 0.6 is 11.6 Å². The monoisotopic (exact) mass is 489 g/mol. The number of carbonyl (C=O) groups is 2. The highest BCUT2D eigenvalue weighted by atomic mass is 35.5. The quantitative estimate of drug-likeness (QED) is 0.443. The number of hydrogen-bond acceptors (Lipinski definition) is 6. The fourth-order valence-electron chi connectivity index (χ4n) is 5.19. The summed E-state index contributed by atoms with van der Waals surface area (Å²) in [4.78, 5) is 28.0. The molecule has 0 amide bonds. The molecule has 3 aromatic rings. The highest BCUT2D eigenvalue weighted by Gasteiger charge is 2.54. The van der Waals surface area contributed by atoms with Gasteiger partial charge in [-0.25, -0.2) is 9.59 Å². The molecular weight excluding hydrogens is 466 g/mol. The van der Waals surface area contributed by atoms with Crippen LogP contribution in [0.5, 0.6) is 5.75 Å². The SMILES string of the molecule is COC(=O)C1=C(C(=O)OC)[C@H]2c3ccccc3[C@@H]1N2c1ccc(Cl)cc1Cc1ccc(OC)cc1. The fraction of sp³-hybridized carbons (Fsp3) is 0.214. The van der Waals surface area contributed by atoms with Gasteiger partial charge in [0.1, 0.15) is 5.75 Å². The zero-order valence-electron chi connectivity index (χ0n) is 19.6. The molecule has 0 fully saturated rings. The Labute approximate surface area is 208 Å². The van der Waals surface area contributed by atoms with Crippen molar-refractivity contribution in [3.05, 3.63) is 105 Å². The number of rotatable bonds is 6. The van der Waals surface area contributed by atoms with Crippen molar-refractivity contribution in [1.82, 2.24) is 0 Å². The lowest BCUT2D eigenvalue weighted by Crippen LogP contribution is -2.24. The number of halogens is 1. The molecule has 3 aromatic carbocycles. The molecule has 7 heteroatoms. The summed E-state index contributed by atoms with van der Waals surface area (Å²) in [5.74, 6) is -0.297. The lowest BCUT2D eigenvalue weighted by molar-refractivity contribution is -0.139. The predicted molar refractivity (Wildman–Crippen MR) is 133 cm³/mol. The number of nitrogens with zero attached hydrogens (tertiary/aromatic N) is 1. The highest BCUT2D eigenvalue weighted by Crippen LogP contribution is 2.58. The van der Waals surface area contributed by atoms with Crippen molar-refractivity contribution in [2.75, 3.05) is 26.2 Å². The Morgan fingerprint density at radius 1 is 0.829 bits per heavy atom. The number of fused-ring (bicyclic) bond motifs is 5. The Morgan fingerprint density at radius 2 is 1.40 bits per heavy atom. The van der Waals surface area contributed by atoms with Gasteiger partial charge in [0.15, 0.2) is 0 Å². The first-order chi connectivity index (χ1) is 17.0. The number of anilines is 1. The fourth-order valence-corrected chi connectivity index (χ4v) is 5.39. The van der Waals surface area contributed by atoms with Crippen molar-refractivity contribution in [2.24, 2.45) is 0 Å². The molecule has 0 saturated carbocycles. The van der Waals surface area contributed by atoms with Crippen LogP contribution in [-0.2, 0) is 25.5 Å². The predicted octanol–water partition coefficient (Wildman–Crippen LogP) is 5.20. The number of carbonyl (C=O) groups excluding carboxylic acids is 2. The second kappa shape index (κ2) is 9.12. The van der Waals surface area contributed by atoms with E-state index in [1.54, 1.807) is 7.11 Å². The number of methoxy groups -OCH3 is 3. The average molecular weight is 490 g/mol. The van der Waals surface area contributed by atoms with E-state index in [4.69, 9.17) is 25.8 Å². The third kappa shape index (κ3) is 3.74. The topological polar surface area (TPSA) is 65.1 Å². The molecule has 5 rings (SSSR count). The van der Waals surface area contributed by atoms with Crippen LogP contribution in [0.2, 0.25) is 5.02 Å². The maximum absolute atomic E-state index is 13.0. The van der Waals surface area contributed by atoms with Crippen LogP contribution in [0.3, 0.4) is 0 Å². The molecule has 0 aliphatic carbocycles. The Morgan fingerprint density at radius 3 is 1.91 bits per heavy atom. The van der Waals surface area contributed by atoms with E-state index < -0.39 is 24.0 Å². The van der Waals surface area contributed by atoms with E-state index in [2.05, 4.69) is 4.90 Å². The summed E-state index contributed by atoms with van der Waals surface area (Å²) in [6.07, 6.45) is 0.604. The van der Waals surface area contributed by atoms with Gasteiger partial charge in [0.2, 0.25) is 0 Å². The van der Waals surface area contributed by atoms with E-state index in [1.807, 2.05) is 66.7 Å². The lowest BCUT2D eigenvalue weighted by atomic mass is 9.86. The summed E-state index contributed by atoms with van der Waals surface area (Å²) in [5, 5.41) is 0.607. The largest absolute Gasteiger partial charge is 0.497 e. The van der Waals surface area contributed by atoms with Crippen LogP contribution in [-0.4, -0.2) is 33.3 Å². The van der Waals surface area contributed by atoms with Crippen LogP contribution in [0, 0.1) is 0 Å². The second-order valence-electron chi connectivity index (χ2n) is 8.45. The van der Waals surface area contributed by atoms with E-state index >= 15 is 0 Å². The van der Waals surface area contributed by atoms with Gasteiger partial charge in [-0.1, -0.05) is 48.0 Å². The average Bonchev–Trinajstić information content (AvgIpc) is 3.40. The molecule has 2 aliphatic rings. The molecule has 0 spiro atoms. The van der Waals surface area contributed by atoms with Crippen molar-refractivity contribution in [3.63, 3.8) is 0 Å². The maximum Gasteiger partial charge on any atom is 0.336 e. The summed E-state index contributed by atoms with van der Waals surface area (Å²) in [5.41, 5.74) is 5.50. The van der Waals surface area contributed by atoms with Gasteiger partial charge in [-0.05, 0) is 59.0 Å². The standard InChI is InChI=1S/C28H24ClNO5/c1-33-19-11-8-16(9-12-19)14-17-15-18(29)10-13-22(17)30-25-20-6-4-5-7-21(20)26(30)24(28(32)35-3)23(25)27(31)34-2/h4-13,15,25-26H,14H2,1-3H3/t25-,26+. The first-order valence-corrected chi connectivity index (χ1v) is 11.6. The molecule has 0 aromatic heterocycles. The van der Waals surface area contributed by atoms with Gasteiger partial charge in [0, 0.05) is 10.7 Å². The number of hydrogen-bond donors (Lipinski definition) is 0. The minimum Gasteiger partial charge on any atom is -0.497 e. The van der Waals surface area contributed by atoms with Gasteiger partial charge in [0.25, 0.3) is 0 Å². The third-order valence-corrected chi connectivity index (χ3v) is 6.90. The number of ether oxygens (including phenoxy) is 3. The van der Waals surface area contributed by atoms with Gasteiger partial charge < -0.3 is 19.1 Å². The molecule has 0 radical (unpaired) electrons. The minimum absolute atomic E-state index is 0.313. The summed E-state index contributed by atoms with van der Waals surface area (Å²) < 4.78 is 15.5. The molecule has 2 bridgehead atoms. The van der Waals surface area contributed by atoms with Crippen molar-refractivity contribution >= 4 is 29.2 Å². The van der Waals surface area contributed by atoms with Crippen molar-refractivity contribution in [3.8, 4) is 5.75 Å². The van der Waals surface area contributed by atoms with Gasteiger partial charge in [-0.3, -0.25) is 0 Å². The third-order valence-electron chi connectivity index (χ3n) is 6.66. The molecule has 178 valence electrons. The molecule has 2 aliphatic heterocycles. The normalized spacial score (nSPS) is 17.9. The second-order valence-corrected chi connectivity index (χ2v) is 8.89. The minimum atomic E-state index is -0.539. The van der Waals surface area contributed by atoms with Crippen molar-refractivity contribution < 1.29 is 23.8 Å². The maximum atomic E-state index is 13.0. The first-order valence-electron chi connectivity index (χ1n) is 11.2. The van der Waals surface area contributed by atoms with Crippen LogP contribution in [0.25, 0.3) is 0 Å². The molecule has 35 heavy (non-hydrogen) atoms. The van der Waals surface area contributed by atoms with Crippen LogP contribution < -0.4 is 9.64 Å². The van der Waals surface area contributed by atoms with Crippen molar-refractivity contribution in [2.45, 2.75) is 18.5 Å². The van der Waals surface area contributed by atoms with Gasteiger partial charge in [0.05, 0.1) is 44.6 Å². The summed E-state index contributed by atoms with van der Waals surface area (Å²) >= 11 is 6.42. The van der Waals surface area contributed by atoms with E-state index in [-0.39, 0.29) is 0 Å². The molecule has 2 heterocycles. The summed E-state index contributed by atoms with van der Waals surface area (Å²) in [6.45, 7) is 0. The van der Waals surface area contributed by atoms with E-state index in [0.717, 1.165) is 33.7 Å². The van der Waals surface area contributed by atoms with Gasteiger partial charge in [-0.15, -0.1) is 0 Å². The molecular formula is C28H24ClNO5. The zero-order valence-corrected chi connectivity index (χ0v) is 20.3. The summed E-state index contributed by atoms with van der Waals surface area (Å²) in [7, 11) is 4.28. The Kier molecular flexibility index (Phi) is 5.99. The lowest BCUT2D eigenvalue weighted by Gasteiger charge is -2.29. The van der Waals surface area contributed by atoms with E-state index in [1.165, 1.54) is 14.2 Å². The summed E-state index contributed by atoms with van der Waals surface area (Å²) in [6, 6.07) is 20.4. The number of benzene rings is 3. The zero-order chi connectivity index (χ0) is 24.7. The Hall–Kier alpha value is -3.77. The molecule has 0 N–H and O–H groups in total. The van der Waals surface area contributed by atoms with E-state index in [0.29, 0.717) is 22.6 Å². The van der Waals surface area contributed by atoms with E-state index in [9.17, 15) is 9.59 Å². The molecule has 0 unspecified atom stereocenters. The first kappa shape index (κ1) is 23.0. The van der Waals surface area contributed by atoms with Gasteiger partial charge in [-0.2, -0.15) is 0 Å². The molecule has 6 nitrogen and oxygen atoms in total. The van der Waals surface area contributed by atoms with Crippen molar-refractivity contribution in [1.29, 1.82) is 0 Å². The molecule has 2 atom stereocenters. The van der Waals surface area contributed by atoms with Crippen LogP contribution in [0.15, 0.2) is 77.9 Å². The van der Waals surface area contributed by atoms with Crippen LogP contribution in [0.1, 0.15) is 34.3 Å². The van der Waals surface area contributed by atoms with Gasteiger partial charge >= 0.3 is 11.9 Å². The molecule has 0 saturated heterocycles. The van der Waals surface area contributed by atoms with Crippen LogP contribution in [0.4, 0.5) is 5.69 Å². The Bertz CT molecular complexity index is 1290. The Balaban J connectivity index is 1.65. The highest BCUT2D eigenvalue weighted by molar-refractivity contribution is 6.30. The smallest absolute Gasteiger partial charge is 0.336 e. The number of esters is 2.